The molecule has 1 aliphatic rings. The van der Waals surface area contributed by atoms with Crippen molar-refractivity contribution in [2.75, 3.05) is 5.12 Å². The number of nitrogens with zero attached hydrogens (tertiary/aromatic N) is 2. The lowest BCUT2D eigenvalue weighted by atomic mass is 10.2. The van der Waals surface area contributed by atoms with Gasteiger partial charge in [-0.1, -0.05) is 77.0 Å². The highest BCUT2D eigenvalue weighted by molar-refractivity contribution is 5.99. The largest absolute Gasteiger partial charge is 1.00 e. The molecular formula is C19H17ClN4. The average Bonchev–Trinajstić information content (AvgIpc) is 3.09. The van der Waals surface area contributed by atoms with Crippen LogP contribution in [0, 0.1) is 0 Å². The van der Waals surface area contributed by atoms with Gasteiger partial charge in [-0.25, -0.2) is 5.43 Å². The Balaban J connectivity index is 0.00000169. The summed E-state index contributed by atoms with van der Waals surface area (Å²) in [5, 5.41) is 7.76. The van der Waals surface area contributed by atoms with Crippen LogP contribution in [0.25, 0.3) is 0 Å². The Labute approximate surface area is 147 Å². The van der Waals surface area contributed by atoms with Crippen molar-refractivity contribution in [1.29, 1.82) is 0 Å². The third kappa shape index (κ3) is 3.11. The second kappa shape index (κ2) is 7.17. The number of hydrazine groups is 1. The number of para-hydroxylation sites is 1. The first-order valence-corrected chi connectivity index (χ1v) is 7.60. The van der Waals surface area contributed by atoms with Gasteiger partial charge in [-0.15, -0.1) is 0 Å². The lowest BCUT2D eigenvalue weighted by molar-refractivity contribution is -0.846. The lowest BCUT2D eigenvalue weighted by Gasteiger charge is -2.21. The summed E-state index contributed by atoms with van der Waals surface area (Å²) in [5.41, 5.74) is 6.62. The number of amidine groups is 1. The van der Waals surface area contributed by atoms with Crippen LogP contribution in [0.4, 0.5) is 11.4 Å². The first-order chi connectivity index (χ1) is 11.4. The summed E-state index contributed by atoms with van der Waals surface area (Å²) >= 11 is 0. The average molecular weight is 337 g/mol. The van der Waals surface area contributed by atoms with Crippen LogP contribution in [-0.2, 0) is 0 Å². The highest BCUT2D eigenvalue weighted by Gasteiger charge is 2.31. The third-order valence-corrected chi connectivity index (χ3v) is 3.74. The van der Waals surface area contributed by atoms with Crippen LogP contribution >= 0.6 is 0 Å². The maximum Gasteiger partial charge on any atom is 0.215 e. The van der Waals surface area contributed by atoms with Crippen LogP contribution in [0.15, 0.2) is 96.1 Å². The van der Waals surface area contributed by atoms with Gasteiger partial charge in [0.1, 0.15) is 5.69 Å². The molecule has 0 radical (unpaired) electrons. The second-order valence-corrected chi connectivity index (χ2v) is 5.30. The fourth-order valence-corrected chi connectivity index (χ4v) is 2.61. The van der Waals surface area contributed by atoms with Gasteiger partial charge in [0.15, 0.2) is 5.69 Å². The third-order valence-electron chi connectivity index (χ3n) is 3.74. The maximum absolute atomic E-state index is 4.83. The Bertz CT molecular complexity index is 807. The van der Waals surface area contributed by atoms with Crippen molar-refractivity contribution in [2.24, 2.45) is 5.10 Å². The molecule has 1 heterocycles. The Morgan fingerprint density at radius 3 is 1.88 bits per heavy atom. The molecule has 0 saturated carbocycles. The Morgan fingerprint density at radius 2 is 1.25 bits per heavy atom. The van der Waals surface area contributed by atoms with Crippen LogP contribution < -0.4 is 28.1 Å². The van der Waals surface area contributed by atoms with Crippen LogP contribution in [0.2, 0.25) is 0 Å². The zero-order valence-corrected chi connectivity index (χ0v) is 13.7. The van der Waals surface area contributed by atoms with Crippen LogP contribution in [-0.4, -0.2) is 5.84 Å². The molecule has 3 aromatic rings. The monoisotopic (exact) mass is 336 g/mol. The van der Waals surface area contributed by atoms with Gasteiger partial charge in [-0.05, 0) is 17.2 Å². The highest BCUT2D eigenvalue weighted by Crippen LogP contribution is 2.13. The van der Waals surface area contributed by atoms with Crippen LogP contribution in [0.3, 0.4) is 0 Å². The number of hydrogen-bond donors (Lipinski definition) is 2. The molecule has 0 bridgehead atoms. The minimum atomic E-state index is 0. The van der Waals surface area contributed by atoms with E-state index in [9.17, 15) is 0 Å². The smallest absolute Gasteiger partial charge is 0.215 e. The van der Waals surface area contributed by atoms with E-state index < -0.39 is 0 Å². The van der Waals surface area contributed by atoms with Crippen LogP contribution in [0.1, 0.15) is 5.56 Å². The van der Waals surface area contributed by atoms with Crippen molar-refractivity contribution in [2.45, 2.75) is 0 Å². The molecule has 1 unspecified atom stereocenters. The predicted molar refractivity (Wildman–Crippen MR) is 92.1 cm³/mol. The van der Waals surface area contributed by atoms with Crippen molar-refractivity contribution in [3.8, 4) is 0 Å². The molecule has 0 aromatic heterocycles. The van der Waals surface area contributed by atoms with E-state index in [4.69, 9.17) is 5.10 Å². The van der Waals surface area contributed by atoms with E-state index in [2.05, 4.69) is 41.8 Å². The highest BCUT2D eigenvalue weighted by atomic mass is 35.5. The number of halogens is 1. The first kappa shape index (κ1) is 16.1. The standard InChI is InChI=1S/C19H16N4.ClH/c1-4-10-16(11-5-1)19-20-22(17-12-6-2-7-13-17)23(21-19)18-14-8-3-9-15-18;/h1-15H,(H,20,21);1H. The minimum Gasteiger partial charge on any atom is -1.00 e. The molecule has 4 nitrogen and oxygen atoms in total. The van der Waals surface area contributed by atoms with E-state index in [1.54, 1.807) is 0 Å². The Morgan fingerprint density at radius 1 is 0.708 bits per heavy atom. The Kier molecular flexibility index (Phi) is 4.79. The number of hydrogen-bond acceptors (Lipinski definition) is 3. The SMILES string of the molecule is [Cl-].c1ccc(C2=N[NH+](c3ccccc3)N(c3ccccc3)N2)cc1. The van der Waals surface area contributed by atoms with Gasteiger partial charge in [0.25, 0.3) is 0 Å². The zero-order valence-electron chi connectivity index (χ0n) is 12.9. The van der Waals surface area contributed by atoms with E-state index in [0.29, 0.717) is 0 Å². The molecule has 120 valence electrons. The predicted octanol–water partition coefficient (Wildman–Crippen LogP) is -0.491. The summed E-state index contributed by atoms with van der Waals surface area (Å²) in [6.07, 6.45) is 0. The Hall–Kier alpha value is -2.82. The fraction of sp³-hybridized carbons (Fsp3) is 0. The molecule has 3 aromatic carbocycles. The van der Waals surface area contributed by atoms with Gasteiger partial charge in [-0.2, -0.15) is 0 Å². The first-order valence-electron chi connectivity index (χ1n) is 7.60. The summed E-state index contributed by atoms with van der Waals surface area (Å²) in [5.74, 6) is 0.855. The molecule has 0 aliphatic carbocycles. The minimum absolute atomic E-state index is 0. The topological polar surface area (TPSA) is 32.1 Å². The lowest BCUT2D eigenvalue weighted by Crippen LogP contribution is -3.10. The van der Waals surface area contributed by atoms with Gasteiger partial charge >= 0.3 is 0 Å². The molecule has 5 heteroatoms. The molecule has 1 aliphatic heterocycles. The van der Waals surface area contributed by atoms with Crippen molar-refractivity contribution in [1.82, 2.24) is 5.43 Å². The summed E-state index contributed by atoms with van der Waals surface area (Å²) in [4.78, 5) is 0. The quantitative estimate of drug-likeness (QED) is 0.676. The summed E-state index contributed by atoms with van der Waals surface area (Å²) < 4.78 is 0. The second-order valence-electron chi connectivity index (χ2n) is 5.30. The molecule has 0 amide bonds. The molecular weight excluding hydrogens is 320 g/mol. The van der Waals surface area contributed by atoms with Gasteiger partial charge in [0.05, 0.1) is 0 Å². The van der Waals surface area contributed by atoms with Gasteiger partial charge < -0.3 is 12.4 Å². The van der Waals surface area contributed by atoms with Crippen LogP contribution in [0.5, 0.6) is 0 Å². The van der Waals surface area contributed by atoms with Gasteiger partial charge in [0.2, 0.25) is 5.84 Å². The molecule has 1 atom stereocenters. The summed E-state index contributed by atoms with van der Waals surface area (Å²) in [7, 11) is 0. The van der Waals surface area contributed by atoms with Gasteiger partial charge in [0, 0.05) is 17.7 Å². The number of nitrogens with one attached hydrogen (secondary N) is 2. The number of anilines is 1. The van der Waals surface area contributed by atoms with E-state index in [1.807, 2.05) is 59.7 Å². The fourth-order valence-electron chi connectivity index (χ4n) is 2.61. The van der Waals surface area contributed by atoms with Crippen molar-refractivity contribution in [3.63, 3.8) is 0 Å². The van der Waals surface area contributed by atoms with Crippen molar-refractivity contribution < 1.29 is 17.5 Å². The number of benzene rings is 3. The molecule has 0 fully saturated rings. The summed E-state index contributed by atoms with van der Waals surface area (Å²) in [6, 6.07) is 30.6. The molecule has 2 N–H and O–H groups in total. The van der Waals surface area contributed by atoms with E-state index in [0.717, 1.165) is 27.9 Å². The number of rotatable bonds is 3. The van der Waals surface area contributed by atoms with E-state index in [1.165, 1.54) is 0 Å². The van der Waals surface area contributed by atoms with Crippen molar-refractivity contribution in [3.05, 3.63) is 96.6 Å². The molecule has 4 rings (SSSR count). The molecule has 24 heavy (non-hydrogen) atoms. The summed E-state index contributed by atoms with van der Waals surface area (Å²) in [6.45, 7) is 0. The van der Waals surface area contributed by atoms with Crippen molar-refractivity contribution >= 4 is 17.2 Å². The normalized spacial score (nSPS) is 16.1. The molecule has 0 saturated heterocycles. The van der Waals surface area contributed by atoms with E-state index >= 15 is 0 Å². The van der Waals surface area contributed by atoms with E-state index in [-0.39, 0.29) is 12.4 Å². The molecule has 0 spiro atoms. The van der Waals surface area contributed by atoms with Gasteiger partial charge in [-0.3, -0.25) is 0 Å². The number of quaternary nitrogens is 1. The maximum atomic E-state index is 4.83. The zero-order chi connectivity index (χ0) is 15.5.